The maximum absolute atomic E-state index is 5.86. The molecule has 0 heterocycles. The third-order valence-electron chi connectivity index (χ3n) is 1.82. The summed E-state index contributed by atoms with van der Waals surface area (Å²) in [4.78, 5) is 3.90. The molecule has 1 rings (SSSR count). The number of hydrogen-bond donors (Lipinski definition) is 2. The average Bonchev–Trinajstić information content (AvgIpc) is 2.18. The van der Waals surface area contributed by atoms with Crippen LogP contribution in [-0.2, 0) is 5.33 Å². The SMILES string of the molecule is N/C=N\C(N)c1cc(Cl)ccc1CBr. The molecule has 1 aromatic rings. The number of hydrogen-bond acceptors (Lipinski definition) is 2. The minimum absolute atomic E-state index is 0.453. The molecule has 0 amide bonds. The van der Waals surface area contributed by atoms with Gasteiger partial charge in [-0.2, -0.15) is 0 Å². The Morgan fingerprint density at radius 1 is 1.57 bits per heavy atom. The Morgan fingerprint density at radius 3 is 2.86 bits per heavy atom. The topological polar surface area (TPSA) is 64.4 Å². The summed E-state index contributed by atoms with van der Waals surface area (Å²) in [6.45, 7) is 0. The van der Waals surface area contributed by atoms with Crippen molar-refractivity contribution in [2.24, 2.45) is 16.5 Å². The average molecular weight is 277 g/mol. The molecule has 0 aliphatic carbocycles. The zero-order chi connectivity index (χ0) is 10.6. The van der Waals surface area contributed by atoms with Gasteiger partial charge in [-0.15, -0.1) is 0 Å². The lowest BCUT2D eigenvalue weighted by atomic mass is 10.1. The van der Waals surface area contributed by atoms with Crippen LogP contribution in [0.1, 0.15) is 17.3 Å². The summed E-state index contributed by atoms with van der Waals surface area (Å²) < 4.78 is 0. The second kappa shape index (κ2) is 5.34. The summed E-state index contributed by atoms with van der Waals surface area (Å²) >= 11 is 9.23. The van der Waals surface area contributed by atoms with Gasteiger partial charge < -0.3 is 11.5 Å². The number of rotatable bonds is 3. The van der Waals surface area contributed by atoms with Crippen molar-refractivity contribution in [2.45, 2.75) is 11.5 Å². The van der Waals surface area contributed by atoms with E-state index in [1.54, 1.807) is 6.07 Å². The summed E-state index contributed by atoms with van der Waals surface area (Å²) in [5, 5.41) is 1.36. The highest BCUT2D eigenvalue weighted by Crippen LogP contribution is 2.23. The smallest absolute Gasteiger partial charge is 0.125 e. The van der Waals surface area contributed by atoms with Gasteiger partial charge >= 0.3 is 0 Å². The largest absolute Gasteiger partial charge is 0.390 e. The Hall–Kier alpha value is -0.580. The van der Waals surface area contributed by atoms with E-state index in [0.717, 1.165) is 11.1 Å². The Kier molecular flexibility index (Phi) is 4.38. The van der Waals surface area contributed by atoms with E-state index >= 15 is 0 Å². The Bertz CT molecular complexity index is 341. The van der Waals surface area contributed by atoms with Gasteiger partial charge in [-0.25, -0.2) is 0 Å². The fraction of sp³-hybridized carbons (Fsp3) is 0.222. The van der Waals surface area contributed by atoms with E-state index in [-0.39, 0.29) is 0 Å². The van der Waals surface area contributed by atoms with E-state index in [2.05, 4.69) is 20.9 Å². The van der Waals surface area contributed by atoms with Crippen LogP contribution in [0.5, 0.6) is 0 Å². The summed E-state index contributed by atoms with van der Waals surface area (Å²) in [6, 6.07) is 5.54. The third-order valence-corrected chi connectivity index (χ3v) is 2.66. The molecule has 1 aromatic carbocycles. The van der Waals surface area contributed by atoms with Crippen molar-refractivity contribution in [1.29, 1.82) is 0 Å². The van der Waals surface area contributed by atoms with Crippen LogP contribution < -0.4 is 11.5 Å². The molecule has 3 nitrogen and oxygen atoms in total. The summed E-state index contributed by atoms with van der Waals surface area (Å²) in [5.41, 5.74) is 12.9. The van der Waals surface area contributed by atoms with Crippen LogP contribution in [0.2, 0.25) is 5.02 Å². The molecule has 0 saturated carbocycles. The van der Waals surface area contributed by atoms with Crippen molar-refractivity contribution in [3.63, 3.8) is 0 Å². The maximum Gasteiger partial charge on any atom is 0.125 e. The van der Waals surface area contributed by atoms with Crippen molar-refractivity contribution >= 4 is 33.9 Å². The van der Waals surface area contributed by atoms with Crippen LogP contribution in [0.3, 0.4) is 0 Å². The first kappa shape index (κ1) is 11.5. The second-order valence-corrected chi connectivity index (χ2v) is 3.72. The molecule has 0 radical (unpaired) electrons. The molecular weight excluding hydrogens is 265 g/mol. The molecular formula is C9H11BrClN3. The molecule has 1 atom stereocenters. The van der Waals surface area contributed by atoms with Gasteiger partial charge in [0.2, 0.25) is 0 Å². The summed E-state index contributed by atoms with van der Waals surface area (Å²) in [6.07, 6.45) is 0.745. The minimum atomic E-state index is -0.453. The van der Waals surface area contributed by atoms with Crippen LogP contribution in [0, 0.1) is 0 Å². The van der Waals surface area contributed by atoms with Crippen LogP contribution in [-0.4, -0.2) is 6.34 Å². The minimum Gasteiger partial charge on any atom is -0.390 e. The van der Waals surface area contributed by atoms with E-state index in [1.807, 2.05) is 12.1 Å². The first-order chi connectivity index (χ1) is 6.69. The van der Waals surface area contributed by atoms with Gasteiger partial charge in [0.05, 0.1) is 6.34 Å². The Morgan fingerprint density at radius 2 is 2.29 bits per heavy atom. The standard InChI is InChI=1S/C9H11BrClN3/c10-4-6-1-2-7(11)3-8(6)9(13)14-5-12/h1-3,5,9H,4,13H2,(H2,12,14). The summed E-state index contributed by atoms with van der Waals surface area (Å²) in [5.74, 6) is 0. The van der Waals surface area contributed by atoms with Gasteiger partial charge in [0.15, 0.2) is 0 Å². The first-order valence-electron chi connectivity index (χ1n) is 4.02. The Balaban J connectivity index is 3.09. The Labute approximate surface area is 96.3 Å². The molecule has 0 aromatic heterocycles. The van der Waals surface area contributed by atoms with Gasteiger partial charge in [0.1, 0.15) is 6.17 Å². The molecule has 0 spiro atoms. The summed E-state index contributed by atoms with van der Waals surface area (Å²) in [7, 11) is 0. The van der Waals surface area contributed by atoms with Gasteiger partial charge in [-0.05, 0) is 23.3 Å². The third kappa shape index (κ3) is 2.70. The zero-order valence-corrected chi connectivity index (χ0v) is 9.79. The van der Waals surface area contributed by atoms with E-state index < -0.39 is 6.17 Å². The number of benzene rings is 1. The fourth-order valence-corrected chi connectivity index (χ4v) is 1.83. The van der Waals surface area contributed by atoms with E-state index in [1.165, 1.54) is 6.34 Å². The van der Waals surface area contributed by atoms with E-state index in [9.17, 15) is 0 Å². The second-order valence-electron chi connectivity index (χ2n) is 2.72. The van der Waals surface area contributed by atoms with Crippen LogP contribution in [0.25, 0.3) is 0 Å². The molecule has 0 saturated heterocycles. The molecule has 76 valence electrons. The zero-order valence-electron chi connectivity index (χ0n) is 7.45. The van der Waals surface area contributed by atoms with Crippen molar-refractivity contribution in [2.75, 3.05) is 0 Å². The van der Waals surface area contributed by atoms with Crippen LogP contribution >= 0.6 is 27.5 Å². The van der Waals surface area contributed by atoms with Gasteiger partial charge in [-0.1, -0.05) is 33.6 Å². The molecule has 4 N–H and O–H groups in total. The molecule has 14 heavy (non-hydrogen) atoms. The number of nitrogens with zero attached hydrogens (tertiary/aromatic N) is 1. The van der Waals surface area contributed by atoms with Crippen LogP contribution in [0.15, 0.2) is 23.2 Å². The molecule has 0 aliphatic heterocycles. The van der Waals surface area contributed by atoms with Gasteiger partial charge in [-0.3, -0.25) is 4.99 Å². The van der Waals surface area contributed by atoms with Crippen LogP contribution in [0.4, 0.5) is 0 Å². The quantitative estimate of drug-likeness (QED) is 0.505. The highest BCUT2D eigenvalue weighted by Gasteiger charge is 2.08. The predicted octanol–water partition coefficient (Wildman–Crippen LogP) is 2.18. The van der Waals surface area contributed by atoms with Crippen molar-refractivity contribution in [3.8, 4) is 0 Å². The number of aliphatic imine (C=N–C) groups is 1. The van der Waals surface area contributed by atoms with Gasteiger partial charge in [0.25, 0.3) is 0 Å². The van der Waals surface area contributed by atoms with Crippen molar-refractivity contribution < 1.29 is 0 Å². The maximum atomic E-state index is 5.86. The number of halogens is 2. The normalized spacial score (nSPS) is 13.4. The molecule has 5 heteroatoms. The van der Waals surface area contributed by atoms with Gasteiger partial charge in [0, 0.05) is 10.4 Å². The lowest BCUT2D eigenvalue weighted by Crippen LogP contribution is -2.11. The van der Waals surface area contributed by atoms with Crippen molar-refractivity contribution in [3.05, 3.63) is 34.3 Å². The fourth-order valence-electron chi connectivity index (χ4n) is 1.14. The van der Waals surface area contributed by atoms with E-state index in [0.29, 0.717) is 10.4 Å². The first-order valence-corrected chi connectivity index (χ1v) is 5.52. The van der Waals surface area contributed by atoms with E-state index in [4.69, 9.17) is 23.1 Å². The predicted molar refractivity (Wildman–Crippen MR) is 63.7 cm³/mol. The molecule has 1 unspecified atom stereocenters. The highest BCUT2D eigenvalue weighted by atomic mass is 79.9. The van der Waals surface area contributed by atoms with Crippen molar-refractivity contribution in [1.82, 2.24) is 0 Å². The number of nitrogens with two attached hydrogens (primary N) is 2. The monoisotopic (exact) mass is 275 g/mol. The molecule has 0 bridgehead atoms. The lowest BCUT2D eigenvalue weighted by Gasteiger charge is -2.11. The highest BCUT2D eigenvalue weighted by molar-refractivity contribution is 9.08. The molecule has 0 fully saturated rings. The lowest BCUT2D eigenvalue weighted by molar-refractivity contribution is 0.771. The molecule has 0 aliphatic rings. The number of alkyl halides is 1.